The number of aromatic nitrogens is 2. The van der Waals surface area contributed by atoms with Crippen molar-refractivity contribution in [3.05, 3.63) is 29.5 Å². The molecule has 0 bridgehead atoms. The van der Waals surface area contributed by atoms with E-state index in [1.54, 1.807) is 0 Å². The zero-order valence-electron chi connectivity index (χ0n) is 16.5. The van der Waals surface area contributed by atoms with Crippen molar-refractivity contribution in [2.24, 2.45) is 0 Å². The third-order valence-corrected chi connectivity index (χ3v) is 5.88. The number of nitrogens with zero attached hydrogens (tertiary/aromatic N) is 3. The Bertz CT molecular complexity index is 869. The van der Waals surface area contributed by atoms with Crippen LogP contribution in [0.4, 0.5) is 0 Å². The Morgan fingerprint density at radius 2 is 2.00 bits per heavy atom. The monoisotopic (exact) mass is 383 g/mol. The summed E-state index contributed by atoms with van der Waals surface area (Å²) in [5.74, 6) is -0.443. The van der Waals surface area contributed by atoms with Gasteiger partial charge in [0.05, 0.1) is 11.2 Å². The number of aryl methyl sites for hydroxylation is 2. The molecule has 0 saturated carbocycles. The van der Waals surface area contributed by atoms with Crippen molar-refractivity contribution < 1.29 is 9.59 Å². The molecule has 2 fully saturated rings. The summed E-state index contributed by atoms with van der Waals surface area (Å²) in [6, 6.07) is 5.86. The van der Waals surface area contributed by atoms with E-state index >= 15 is 0 Å². The first-order valence-corrected chi connectivity index (χ1v) is 10.4. The number of amides is 2. The number of nitrogens with one attached hydrogen (secondary N) is 2. The van der Waals surface area contributed by atoms with Gasteiger partial charge in [0, 0.05) is 38.0 Å². The summed E-state index contributed by atoms with van der Waals surface area (Å²) >= 11 is 0. The lowest BCUT2D eigenvalue weighted by atomic mass is 10.0. The molecule has 1 atom stereocenters. The predicted molar refractivity (Wildman–Crippen MR) is 108 cm³/mol. The Kier molecular flexibility index (Phi) is 5.73. The van der Waals surface area contributed by atoms with Gasteiger partial charge in [0.25, 0.3) is 5.91 Å². The van der Waals surface area contributed by atoms with Gasteiger partial charge in [-0.25, -0.2) is 0 Å². The topological polar surface area (TPSA) is 79.3 Å². The van der Waals surface area contributed by atoms with Crippen molar-refractivity contribution in [2.45, 2.75) is 45.1 Å². The number of hydrogen-bond donors (Lipinski definition) is 2. The zero-order valence-corrected chi connectivity index (χ0v) is 16.5. The summed E-state index contributed by atoms with van der Waals surface area (Å²) in [4.78, 5) is 26.3. The summed E-state index contributed by atoms with van der Waals surface area (Å²) in [6.45, 7) is 7.65. The van der Waals surface area contributed by atoms with Crippen LogP contribution in [0, 0.1) is 6.92 Å². The minimum absolute atomic E-state index is 0.195. The molecule has 1 unspecified atom stereocenters. The maximum atomic E-state index is 12.3. The molecule has 28 heavy (non-hydrogen) atoms. The van der Waals surface area contributed by atoms with Gasteiger partial charge in [-0.3, -0.25) is 19.6 Å². The second-order valence-corrected chi connectivity index (χ2v) is 7.86. The first kappa shape index (κ1) is 19.1. The molecule has 7 nitrogen and oxygen atoms in total. The summed E-state index contributed by atoms with van der Waals surface area (Å²) in [5.41, 5.74) is 3.25. The Hall–Kier alpha value is -2.25. The number of fused-ring (bicyclic) bond motifs is 1. The molecule has 7 heteroatoms. The quantitative estimate of drug-likeness (QED) is 0.584. The van der Waals surface area contributed by atoms with Crippen molar-refractivity contribution >= 4 is 22.7 Å². The molecule has 0 radical (unpaired) electrons. The van der Waals surface area contributed by atoms with Crippen molar-refractivity contribution in [3.63, 3.8) is 0 Å². The molecule has 0 aliphatic carbocycles. The highest BCUT2D eigenvalue weighted by Gasteiger charge is 2.30. The Labute approximate surface area is 165 Å². The van der Waals surface area contributed by atoms with Gasteiger partial charge < -0.3 is 10.2 Å². The van der Waals surface area contributed by atoms with Crippen LogP contribution in [-0.4, -0.2) is 59.2 Å². The summed E-state index contributed by atoms with van der Waals surface area (Å²) < 4.78 is 1.82. The number of piperidine rings is 1. The predicted octanol–water partition coefficient (Wildman–Crippen LogP) is 1.55. The lowest BCUT2D eigenvalue weighted by Crippen LogP contribution is -2.43. The number of rotatable bonds is 6. The second kappa shape index (κ2) is 8.41. The van der Waals surface area contributed by atoms with Crippen LogP contribution >= 0.6 is 0 Å². The number of piperazine rings is 1. The first-order valence-electron chi connectivity index (χ1n) is 10.4. The summed E-state index contributed by atoms with van der Waals surface area (Å²) in [7, 11) is 0. The van der Waals surface area contributed by atoms with Gasteiger partial charge in [-0.1, -0.05) is 12.1 Å². The molecule has 2 aliphatic rings. The van der Waals surface area contributed by atoms with Gasteiger partial charge in [0.15, 0.2) is 0 Å². The van der Waals surface area contributed by atoms with Crippen LogP contribution in [0.15, 0.2) is 18.2 Å². The lowest BCUT2D eigenvalue weighted by Gasteiger charge is -2.27. The van der Waals surface area contributed by atoms with E-state index in [0.717, 1.165) is 62.2 Å². The molecular formula is C21H29N5O2. The molecule has 3 heterocycles. The minimum atomic E-state index is -0.406. The zero-order chi connectivity index (χ0) is 19.5. The van der Waals surface area contributed by atoms with Crippen LogP contribution in [-0.2, 0) is 16.0 Å². The Morgan fingerprint density at radius 1 is 1.18 bits per heavy atom. The molecule has 1 aromatic carbocycles. The molecule has 0 spiro atoms. The maximum absolute atomic E-state index is 12.3. The first-order chi connectivity index (χ1) is 13.6. The van der Waals surface area contributed by atoms with Crippen molar-refractivity contribution in [1.29, 1.82) is 0 Å². The number of imide groups is 1. The fourth-order valence-corrected chi connectivity index (χ4v) is 4.41. The largest absolute Gasteiger partial charge is 0.314 e. The normalized spacial score (nSPS) is 21.2. The molecule has 2 amide bonds. The Morgan fingerprint density at radius 3 is 2.79 bits per heavy atom. The summed E-state index contributed by atoms with van der Waals surface area (Å²) in [5, 5.41) is 11.7. The van der Waals surface area contributed by atoms with E-state index in [0.29, 0.717) is 12.8 Å². The van der Waals surface area contributed by atoms with Crippen LogP contribution in [0.1, 0.15) is 43.0 Å². The molecular weight excluding hydrogens is 354 g/mol. The van der Waals surface area contributed by atoms with Gasteiger partial charge >= 0.3 is 0 Å². The lowest BCUT2D eigenvalue weighted by molar-refractivity contribution is -0.135. The average Bonchev–Trinajstić information content (AvgIpc) is 3.03. The van der Waals surface area contributed by atoms with Gasteiger partial charge in [-0.15, -0.1) is 0 Å². The van der Waals surface area contributed by atoms with Gasteiger partial charge in [-0.05, 0) is 50.8 Å². The molecule has 150 valence electrons. The van der Waals surface area contributed by atoms with E-state index in [1.165, 1.54) is 12.0 Å². The minimum Gasteiger partial charge on any atom is -0.314 e. The van der Waals surface area contributed by atoms with Crippen molar-refractivity contribution in [3.8, 4) is 0 Å². The van der Waals surface area contributed by atoms with Crippen molar-refractivity contribution in [2.75, 3.05) is 32.7 Å². The molecule has 2 aliphatic heterocycles. The third kappa shape index (κ3) is 3.95. The van der Waals surface area contributed by atoms with E-state index in [1.807, 2.05) is 17.7 Å². The fraction of sp³-hybridized carbons (Fsp3) is 0.571. The van der Waals surface area contributed by atoms with E-state index in [9.17, 15) is 9.59 Å². The summed E-state index contributed by atoms with van der Waals surface area (Å²) in [6.07, 6.45) is 4.23. The van der Waals surface area contributed by atoms with E-state index in [4.69, 9.17) is 0 Å². The van der Waals surface area contributed by atoms with Crippen LogP contribution in [0.5, 0.6) is 0 Å². The SMILES string of the molecule is Cc1nn(C2CCC(=O)NC2=O)c2cccc(CCCCN3CCNCC3)c12. The fourth-order valence-electron chi connectivity index (χ4n) is 4.41. The molecule has 2 saturated heterocycles. The molecule has 1 aromatic heterocycles. The standard InChI is InChI=1S/C21H29N5O2/c1-15-20-16(5-2-3-12-25-13-10-22-11-14-25)6-4-7-17(20)26(24-15)18-8-9-19(27)23-21(18)28/h4,6-7,18,22H,2-3,5,8-14H2,1H3,(H,23,27,28). The number of hydrogen-bond acceptors (Lipinski definition) is 5. The molecule has 2 N–H and O–H groups in total. The number of unbranched alkanes of at least 4 members (excludes halogenated alkanes) is 1. The highest BCUT2D eigenvalue weighted by molar-refractivity contribution is 6.00. The highest BCUT2D eigenvalue weighted by Crippen LogP contribution is 2.29. The van der Waals surface area contributed by atoms with E-state index < -0.39 is 6.04 Å². The van der Waals surface area contributed by atoms with Crippen LogP contribution < -0.4 is 10.6 Å². The van der Waals surface area contributed by atoms with Crippen LogP contribution in [0.2, 0.25) is 0 Å². The van der Waals surface area contributed by atoms with Crippen molar-refractivity contribution in [1.82, 2.24) is 25.3 Å². The smallest absolute Gasteiger partial charge is 0.251 e. The Balaban J connectivity index is 1.47. The highest BCUT2D eigenvalue weighted by atomic mass is 16.2. The van der Waals surface area contributed by atoms with Gasteiger partial charge in [0.1, 0.15) is 6.04 Å². The van der Waals surface area contributed by atoms with E-state index in [2.05, 4.69) is 32.8 Å². The number of carbonyl (C=O) groups is 2. The number of carbonyl (C=O) groups excluding carboxylic acids is 2. The second-order valence-electron chi connectivity index (χ2n) is 7.86. The molecule has 2 aromatic rings. The molecule has 4 rings (SSSR count). The maximum Gasteiger partial charge on any atom is 0.251 e. The third-order valence-electron chi connectivity index (χ3n) is 5.88. The van der Waals surface area contributed by atoms with Crippen LogP contribution in [0.25, 0.3) is 10.9 Å². The van der Waals surface area contributed by atoms with Crippen LogP contribution in [0.3, 0.4) is 0 Å². The van der Waals surface area contributed by atoms with Gasteiger partial charge in [-0.2, -0.15) is 5.10 Å². The van der Waals surface area contributed by atoms with E-state index in [-0.39, 0.29) is 11.8 Å². The average molecular weight is 383 g/mol. The number of benzene rings is 1. The van der Waals surface area contributed by atoms with Gasteiger partial charge in [0.2, 0.25) is 5.91 Å².